The number of aliphatic carboxylic acids is 2. The average Bonchev–Trinajstić information content (AvgIpc) is 1.13. The molecule has 8 aromatic carbocycles. The van der Waals surface area contributed by atoms with Gasteiger partial charge in [0.2, 0.25) is 0 Å². The van der Waals surface area contributed by atoms with Gasteiger partial charge in [-0.3, -0.25) is 38.4 Å². The Morgan fingerprint density at radius 3 is 0.520 bits per heavy atom. The fourth-order valence-electron chi connectivity index (χ4n) is 5.56. The summed E-state index contributed by atoms with van der Waals surface area (Å²) in [6.45, 7) is 7.23. The largest absolute Gasteiger partial charge is 0.482 e. The van der Waals surface area contributed by atoms with Crippen LogP contribution in [0.5, 0.6) is 11.5 Å². The minimum atomic E-state index is -1.03. The number of aldehydes is 8. The topological polar surface area (TPSA) is 304 Å². The first kappa shape index (κ1) is 109. The van der Waals surface area contributed by atoms with Crippen LogP contribution in [0.25, 0.3) is 0 Å². The zero-order valence-corrected chi connectivity index (χ0v) is 72.0. The first-order valence-electron chi connectivity index (χ1n) is 27.7. The normalized spacial score (nSPS) is 8.12. The van der Waals surface area contributed by atoms with Crippen molar-refractivity contribution in [2.75, 3.05) is 56.3 Å². The molecule has 0 radical (unpaired) electrons. The van der Waals surface area contributed by atoms with Gasteiger partial charge in [-0.15, -0.1) is 0 Å². The molecule has 0 aliphatic carbocycles. The van der Waals surface area contributed by atoms with Gasteiger partial charge in [0.1, 0.15) is 61.8 Å². The van der Waals surface area contributed by atoms with Crippen LogP contribution in [0.2, 0.25) is 0 Å². The second-order valence-electron chi connectivity index (χ2n) is 16.9. The number of hydrogen-bond acceptors (Lipinski definition) is 14. The van der Waals surface area contributed by atoms with E-state index in [9.17, 15) is 57.5 Å². The third-order valence-electron chi connectivity index (χ3n) is 10.2. The van der Waals surface area contributed by atoms with Crippen LogP contribution in [-0.4, -0.2) is 151 Å². The van der Waals surface area contributed by atoms with Crippen LogP contribution in [0.4, 0.5) is 0 Å². The molecule has 0 atom stereocenters. The Hall–Kier alpha value is -6.56. The van der Waals surface area contributed by atoms with E-state index in [1.807, 2.05) is 168 Å². The molecule has 0 aromatic heterocycles. The summed E-state index contributed by atoms with van der Waals surface area (Å²) in [6, 6.07) is 53.7. The number of hydrogen-bond donors (Lipinski definition) is 4. The molecule has 8 aromatic rings. The van der Waals surface area contributed by atoms with E-state index in [-0.39, 0.29) is 24.3 Å². The number of aromatic carboxylic acids is 2. The van der Waals surface area contributed by atoms with Gasteiger partial charge < -0.3 is 29.9 Å². The lowest BCUT2D eigenvalue weighted by atomic mass is 10.1. The van der Waals surface area contributed by atoms with E-state index < -0.39 is 23.9 Å². The highest BCUT2D eigenvalue weighted by Crippen LogP contribution is 2.12. The van der Waals surface area contributed by atoms with Crippen LogP contribution >= 0.6 is 154 Å². The highest BCUT2D eigenvalue weighted by atomic mass is 127. The van der Waals surface area contributed by atoms with E-state index >= 15 is 0 Å². The Labute approximate surface area is 675 Å². The predicted molar refractivity (Wildman–Crippen MR) is 453 cm³/mol. The van der Waals surface area contributed by atoms with E-state index in [0.717, 1.165) is 47.4 Å². The van der Waals surface area contributed by atoms with Crippen molar-refractivity contribution in [1.82, 2.24) is 0 Å². The summed E-state index contributed by atoms with van der Waals surface area (Å²) in [7, 11) is 0. The molecule has 100 heavy (non-hydrogen) atoms. The standard InChI is InChI=1S/2C9H8O4.2C8H6O3.4C8H8O.4CH3Br.4CH3I/c2*10-5-7-1-3-8(4-2-7)13-6-9(11)12;2*9-5-6-1-3-7(4-2-6)8(10)11;4*1-7-2-4-8(6-9)5-3-7;8*1-2/h2*1-5H,6H2,(H,11,12);2*1-5H,(H,10,11);4*2-6H,1H3;8*1H3. The van der Waals surface area contributed by atoms with Crippen LogP contribution in [0.1, 0.15) is 126 Å². The van der Waals surface area contributed by atoms with E-state index in [1.54, 1.807) is 48.5 Å². The first-order chi connectivity index (χ1) is 48.2. The molecule has 0 heterocycles. The second kappa shape index (κ2) is 81.4. The minimum Gasteiger partial charge on any atom is -0.482 e. The van der Waals surface area contributed by atoms with Crippen molar-refractivity contribution in [2.24, 2.45) is 0 Å². The lowest BCUT2D eigenvalue weighted by Gasteiger charge is -2.01. The number of alkyl halides is 8. The summed E-state index contributed by atoms with van der Waals surface area (Å²) in [4.78, 5) is 130. The third-order valence-corrected chi connectivity index (χ3v) is 10.2. The van der Waals surface area contributed by atoms with Gasteiger partial charge in [0, 0.05) is 44.5 Å². The number of benzene rings is 8. The van der Waals surface area contributed by atoms with Gasteiger partial charge in [-0.05, 0) is 144 Å². The van der Waals surface area contributed by atoms with Crippen molar-refractivity contribution in [2.45, 2.75) is 27.7 Å². The van der Waals surface area contributed by atoms with Crippen molar-refractivity contribution >= 4 is 228 Å². The van der Waals surface area contributed by atoms with Gasteiger partial charge >= 0.3 is 23.9 Å². The molecule has 26 heteroatoms. The smallest absolute Gasteiger partial charge is 0.341 e. The maximum absolute atomic E-state index is 10.3. The summed E-state index contributed by atoms with van der Waals surface area (Å²) >= 11 is 20.4. The average molecular weight is 2090 g/mol. The van der Waals surface area contributed by atoms with Crippen LogP contribution in [0, 0.1) is 27.7 Å². The second-order valence-corrected chi connectivity index (χ2v) is 16.9. The highest BCUT2D eigenvalue weighted by molar-refractivity contribution is 14.1. The van der Waals surface area contributed by atoms with E-state index in [1.165, 1.54) is 70.8 Å². The van der Waals surface area contributed by atoms with Crippen LogP contribution in [-0.2, 0) is 9.59 Å². The number of carbonyl (C=O) groups is 12. The minimum absolute atomic E-state index is 0.190. The van der Waals surface area contributed by atoms with Crippen LogP contribution in [0.3, 0.4) is 0 Å². The van der Waals surface area contributed by atoms with E-state index in [4.69, 9.17) is 29.9 Å². The Bertz CT molecular complexity index is 3020. The number of carboxylic acids is 4. The summed E-state index contributed by atoms with van der Waals surface area (Å²) in [5.74, 6) is 4.10. The monoisotopic (exact) mass is 2080 g/mol. The number of aryl methyl sites for hydroxylation is 4. The molecule has 0 bridgehead atoms. The van der Waals surface area contributed by atoms with Gasteiger partial charge in [0.25, 0.3) is 0 Å². The lowest BCUT2D eigenvalue weighted by Crippen LogP contribution is -2.09. The molecule has 8 rings (SSSR count). The van der Waals surface area contributed by atoms with Gasteiger partial charge in [-0.25, -0.2) is 19.2 Å². The Kier molecular flexibility index (Phi) is 89.0. The van der Waals surface area contributed by atoms with E-state index in [0.29, 0.717) is 58.9 Å². The fraction of sp³-hybridized carbons (Fsp3) is 0.189. The quantitative estimate of drug-likeness (QED) is 0.0397. The Morgan fingerprint density at radius 1 is 0.270 bits per heavy atom. The van der Waals surface area contributed by atoms with Gasteiger partial charge in [0.15, 0.2) is 13.2 Å². The molecule has 18 nitrogen and oxygen atoms in total. The molecule has 0 unspecified atom stereocenters. The molecule has 0 saturated carbocycles. The Balaban J connectivity index is -0.000000157. The van der Waals surface area contributed by atoms with E-state index in [2.05, 4.69) is 154 Å². The number of carboxylic acid groups (broad SMARTS) is 4. The maximum Gasteiger partial charge on any atom is 0.341 e. The first-order valence-corrected chi connectivity index (χ1v) is 42.7. The summed E-state index contributed by atoms with van der Waals surface area (Å²) in [5.41, 5.74) is 10.1. The van der Waals surface area contributed by atoms with Crippen molar-refractivity contribution < 1.29 is 87.4 Å². The van der Waals surface area contributed by atoms with Crippen LogP contribution in [0.15, 0.2) is 194 Å². The summed E-state index contributed by atoms with van der Waals surface area (Å²) in [5, 5.41) is 33.5. The summed E-state index contributed by atoms with van der Waals surface area (Å²) in [6.07, 6.45) is 6.15. The molecular weight excluding hydrogens is 2000 g/mol. The third kappa shape index (κ3) is 64.8. The zero-order valence-electron chi connectivity index (χ0n) is 57.0. The lowest BCUT2D eigenvalue weighted by molar-refractivity contribution is -0.140. The van der Waals surface area contributed by atoms with Gasteiger partial charge in [-0.1, -0.05) is 298 Å². The highest BCUT2D eigenvalue weighted by Gasteiger charge is 2.03. The molecule has 0 amide bonds. The maximum atomic E-state index is 10.3. The van der Waals surface area contributed by atoms with Gasteiger partial charge in [-0.2, -0.15) is 0 Å². The van der Waals surface area contributed by atoms with Crippen molar-refractivity contribution in [1.29, 1.82) is 0 Å². The summed E-state index contributed by atoms with van der Waals surface area (Å²) < 4.78 is 9.70. The molecule has 0 aliphatic rings. The zero-order chi connectivity index (χ0) is 78.7. The molecule has 0 saturated heterocycles. The SMILES string of the molecule is CBr.CBr.CBr.CBr.CI.CI.CI.CI.Cc1ccc(C=O)cc1.Cc1ccc(C=O)cc1.Cc1ccc(C=O)cc1.Cc1ccc(C=O)cc1.O=Cc1ccc(C(=O)O)cc1.O=Cc1ccc(C(=O)O)cc1.O=Cc1ccc(OCC(=O)O)cc1.O=Cc1ccc(OCC(=O)O)cc1. The Morgan fingerprint density at radius 2 is 0.400 bits per heavy atom. The van der Waals surface area contributed by atoms with Crippen molar-refractivity contribution in [3.8, 4) is 11.5 Å². The van der Waals surface area contributed by atoms with Crippen molar-refractivity contribution in [3.05, 3.63) is 272 Å². The molecule has 0 spiro atoms. The molecule has 4 N–H and O–H groups in total. The van der Waals surface area contributed by atoms with Crippen LogP contribution < -0.4 is 9.47 Å². The number of ether oxygens (including phenoxy) is 2. The fourth-order valence-corrected chi connectivity index (χ4v) is 5.56. The molecule has 0 aliphatic heterocycles. The van der Waals surface area contributed by atoms with Crippen molar-refractivity contribution in [3.63, 3.8) is 0 Å². The predicted octanol–water partition coefficient (Wildman–Crippen LogP) is 19.8. The molecule has 544 valence electrons. The number of halogens is 8. The number of rotatable bonds is 16. The van der Waals surface area contributed by atoms with Gasteiger partial charge in [0.05, 0.1) is 11.1 Å². The molecular formula is C74H84Br4I4O18. The number of carbonyl (C=O) groups excluding carboxylic acids is 8. The molecule has 0 fully saturated rings.